The molecule has 0 saturated heterocycles. The van der Waals surface area contributed by atoms with Gasteiger partial charge in [-0.1, -0.05) is 36.4 Å². The minimum atomic E-state index is 1.18. The number of nitrogens with zero attached hydrogens (tertiary/aromatic N) is 1. The summed E-state index contributed by atoms with van der Waals surface area (Å²) in [6.45, 7) is 0. The second-order valence-electron chi connectivity index (χ2n) is 2.65. The molecule has 0 amide bonds. The van der Waals surface area contributed by atoms with Crippen molar-refractivity contribution in [3.63, 3.8) is 0 Å². The summed E-state index contributed by atoms with van der Waals surface area (Å²) < 4.78 is 0. The van der Waals surface area contributed by atoms with Crippen molar-refractivity contribution in [3.8, 4) is 0 Å². The van der Waals surface area contributed by atoms with Gasteiger partial charge in [0.15, 0.2) is 0 Å². The summed E-state index contributed by atoms with van der Waals surface area (Å²) >= 11 is 1.64. The normalized spacial score (nSPS) is 10.8. The smallest absolute Gasteiger partial charge is 0.0797 e. The number of hydrogen-bond acceptors (Lipinski definition) is 2. The molecule has 0 aliphatic heterocycles. The summed E-state index contributed by atoms with van der Waals surface area (Å²) in [5.74, 6) is 0. The number of benzene rings is 1. The summed E-state index contributed by atoms with van der Waals surface area (Å²) in [5, 5.41) is 0. The van der Waals surface area contributed by atoms with Gasteiger partial charge in [0.05, 0.1) is 5.51 Å². The maximum Gasteiger partial charge on any atom is 0.0797 e. The fourth-order valence-electron chi connectivity index (χ4n) is 1.05. The Labute approximate surface area is 81.4 Å². The highest BCUT2D eigenvalue weighted by molar-refractivity contribution is 7.10. The molecule has 0 atom stereocenters. The molecule has 64 valence electrons. The molecule has 0 aliphatic rings. The van der Waals surface area contributed by atoms with Crippen LogP contribution in [-0.2, 0) is 0 Å². The minimum Gasteiger partial charge on any atom is -0.253 e. The van der Waals surface area contributed by atoms with E-state index in [4.69, 9.17) is 0 Å². The van der Waals surface area contributed by atoms with E-state index in [1.165, 1.54) is 10.4 Å². The van der Waals surface area contributed by atoms with Crippen LogP contribution in [0.1, 0.15) is 10.4 Å². The Morgan fingerprint density at radius 2 is 1.92 bits per heavy atom. The van der Waals surface area contributed by atoms with Gasteiger partial charge < -0.3 is 0 Å². The van der Waals surface area contributed by atoms with Gasteiger partial charge in [-0.05, 0) is 11.6 Å². The van der Waals surface area contributed by atoms with Gasteiger partial charge >= 0.3 is 0 Å². The third-order valence-electron chi connectivity index (χ3n) is 1.69. The molecule has 0 N–H and O–H groups in total. The Hall–Kier alpha value is -1.41. The largest absolute Gasteiger partial charge is 0.253 e. The van der Waals surface area contributed by atoms with Crippen LogP contribution in [0.25, 0.3) is 12.2 Å². The summed E-state index contributed by atoms with van der Waals surface area (Å²) in [7, 11) is 0. The van der Waals surface area contributed by atoms with E-state index in [0.29, 0.717) is 0 Å². The van der Waals surface area contributed by atoms with Crippen molar-refractivity contribution in [1.29, 1.82) is 0 Å². The second kappa shape index (κ2) is 4.01. The maximum atomic E-state index is 4.00. The molecule has 0 unspecified atom stereocenters. The molecule has 0 aliphatic carbocycles. The molecule has 0 saturated carbocycles. The molecule has 0 fully saturated rings. The predicted octanol–water partition coefficient (Wildman–Crippen LogP) is 3.31. The summed E-state index contributed by atoms with van der Waals surface area (Å²) in [6.07, 6.45) is 6.03. The van der Waals surface area contributed by atoms with E-state index in [9.17, 15) is 0 Å². The average Bonchev–Trinajstić information content (AvgIpc) is 2.69. The van der Waals surface area contributed by atoms with Crippen LogP contribution in [0.15, 0.2) is 42.0 Å². The molecule has 0 bridgehead atoms. The van der Waals surface area contributed by atoms with Crippen molar-refractivity contribution in [3.05, 3.63) is 52.5 Å². The standard InChI is InChI=1S/C11H9NS/c1-2-4-10(5-3-1)6-7-11-8-12-9-13-11/h1-9H/b7-6+. The quantitative estimate of drug-likeness (QED) is 0.702. The van der Waals surface area contributed by atoms with Crippen LogP contribution in [0, 0.1) is 0 Å². The van der Waals surface area contributed by atoms with Crippen LogP contribution in [-0.4, -0.2) is 4.98 Å². The maximum absolute atomic E-state index is 4.00. The lowest BCUT2D eigenvalue weighted by atomic mass is 10.2. The summed E-state index contributed by atoms with van der Waals surface area (Å²) in [4.78, 5) is 5.19. The Morgan fingerprint density at radius 1 is 1.08 bits per heavy atom. The number of thiazole rings is 1. The van der Waals surface area contributed by atoms with E-state index in [1.54, 1.807) is 11.3 Å². The highest BCUT2D eigenvalue weighted by Gasteiger charge is 1.86. The van der Waals surface area contributed by atoms with Crippen molar-refractivity contribution in [1.82, 2.24) is 4.98 Å². The molecule has 2 heteroatoms. The van der Waals surface area contributed by atoms with Gasteiger partial charge in [-0.3, -0.25) is 4.98 Å². The van der Waals surface area contributed by atoms with E-state index in [2.05, 4.69) is 29.3 Å². The third kappa shape index (κ3) is 2.26. The molecule has 1 nitrogen and oxygen atoms in total. The van der Waals surface area contributed by atoms with Crippen LogP contribution in [0.5, 0.6) is 0 Å². The zero-order chi connectivity index (χ0) is 8.93. The zero-order valence-electron chi connectivity index (χ0n) is 7.05. The van der Waals surface area contributed by atoms with Crippen molar-refractivity contribution in [2.75, 3.05) is 0 Å². The van der Waals surface area contributed by atoms with Gasteiger partial charge in [-0.2, -0.15) is 0 Å². The molecular formula is C11H9NS. The van der Waals surface area contributed by atoms with Gasteiger partial charge in [0.25, 0.3) is 0 Å². The van der Waals surface area contributed by atoms with E-state index in [1.807, 2.05) is 29.9 Å². The molecule has 0 spiro atoms. The first kappa shape index (κ1) is 8.20. The van der Waals surface area contributed by atoms with Gasteiger partial charge in [-0.15, -0.1) is 11.3 Å². The third-order valence-corrected chi connectivity index (χ3v) is 2.43. The van der Waals surface area contributed by atoms with Crippen LogP contribution in [0.4, 0.5) is 0 Å². The first-order valence-corrected chi connectivity index (χ1v) is 4.95. The Morgan fingerprint density at radius 3 is 2.62 bits per heavy atom. The molecular weight excluding hydrogens is 178 g/mol. The van der Waals surface area contributed by atoms with E-state index in [0.717, 1.165) is 0 Å². The molecule has 13 heavy (non-hydrogen) atoms. The van der Waals surface area contributed by atoms with Crippen molar-refractivity contribution < 1.29 is 0 Å². The molecule has 1 aromatic carbocycles. The Balaban J connectivity index is 2.15. The highest BCUT2D eigenvalue weighted by atomic mass is 32.1. The van der Waals surface area contributed by atoms with E-state index >= 15 is 0 Å². The number of hydrogen-bond donors (Lipinski definition) is 0. The van der Waals surface area contributed by atoms with Crippen LogP contribution in [0.3, 0.4) is 0 Å². The van der Waals surface area contributed by atoms with Crippen LogP contribution < -0.4 is 0 Å². The monoisotopic (exact) mass is 187 g/mol. The Bertz CT molecular complexity index is 376. The van der Waals surface area contributed by atoms with E-state index in [-0.39, 0.29) is 0 Å². The number of rotatable bonds is 2. The second-order valence-corrected chi connectivity index (χ2v) is 3.57. The lowest BCUT2D eigenvalue weighted by Gasteiger charge is -1.89. The fourth-order valence-corrected chi connectivity index (χ4v) is 1.56. The summed E-state index contributed by atoms with van der Waals surface area (Å²) in [5.41, 5.74) is 3.06. The molecule has 0 radical (unpaired) electrons. The van der Waals surface area contributed by atoms with Crippen LogP contribution in [0.2, 0.25) is 0 Å². The van der Waals surface area contributed by atoms with Crippen molar-refractivity contribution >= 4 is 23.5 Å². The van der Waals surface area contributed by atoms with E-state index < -0.39 is 0 Å². The topological polar surface area (TPSA) is 12.9 Å². The van der Waals surface area contributed by atoms with Gasteiger partial charge in [0.2, 0.25) is 0 Å². The molecule has 2 aromatic rings. The average molecular weight is 187 g/mol. The molecule has 1 aromatic heterocycles. The molecule has 1 heterocycles. The van der Waals surface area contributed by atoms with Gasteiger partial charge in [0, 0.05) is 11.1 Å². The van der Waals surface area contributed by atoms with Crippen molar-refractivity contribution in [2.45, 2.75) is 0 Å². The lowest BCUT2D eigenvalue weighted by Crippen LogP contribution is -1.67. The first-order chi connectivity index (χ1) is 6.45. The molecule has 2 rings (SSSR count). The Kier molecular flexibility index (Phi) is 2.53. The highest BCUT2D eigenvalue weighted by Crippen LogP contribution is 2.10. The SMILES string of the molecule is C(=C\c1cncs1)/c1ccccc1. The van der Waals surface area contributed by atoms with Gasteiger partial charge in [-0.25, -0.2) is 0 Å². The fraction of sp³-hybridized carbons (Fsp3) is 0. The van der Waals surface area contributed by atoms with Crippen LogP contribution >= 0.6 is 11.3 Å². The zero-order valence-corrected chi connectivity index (χ0v) is 7.87. The minimum absolute atomic E-state index is 1.18. The van der Waals surface area contributed by atoms with Gasteiger partial charge in [0.1, 0.15) is 0 Å². The number of aromatic nitrogens is 1. The first-order valence-electron chi connectivity index (χ1n) is 4.07. The summed E-state index contributed by atoms with van der Waals surface area (Å²) in [6, 6.07) is 10.2. The van der Waals surface area contributed by atoms with Crippen molar-refractivity contribution in [2.24, 2.45) is 0 Å². The predicted molar refractivity (Wildman–Crippen MR) is 57.5 cm³/mol. The lowest BCUT2D eigenvalue weighted by molar-refractivity contribution is 1.42.